The van der Waals surface area contributed by atoms with Crippen LogP contribution in [0, 0.1) is 23.7 Å². The summed E-state index contributed by atoms with van der Waals surface area (Å²) in [5.74, 6) is 11.1. The fourth-order valence-electron chi connectivity index (χ4n) is 8.07. The van der Waals surface area contributed by atoms with Crippen LogP contribution >= 0.6 is 0 Å². The van der Waals surface area contributed by atoms with Crippen LogP contribution in [0.5, 0.6) is 11.5 Å². The average molecular weight is 1050 g/mol. The molecule has 0 unspecified atom stereocenters. The van der Waals surface area contributed by atoms with Gasteiger partial charge in [-0.2, -0.15) is 0 Å². The molecule has 2 N–H and O–H groups in total. The van der Waals surface area contributed by atoms with E-state index < -0.39 is 36.1 Å². The van der Waals surface area contributed by atoms with Gasteiger partial charge >= 0.3 is 0 Å². The summed E-state index contributed by atoms with van der Waals surface area (Å²) in [5.41, 5.74) is 4.38. The highest BCUT2D eigenvalue weighted by atomic mass is 16.6. The first-order chi connectivity index (χ1) is 37.5. The van der Waals surface area contributed by atoms with Gasteiger partial charge in [-0.1, -0.05) is 84.3 Å². The molecular weight excluding hydrogens is 989 g/mol. The molecule has 21 heteroatoms. The Kier molecular flexibility index (Phi) is 19.5. The first-order valence-corrected chi connectivity index (χ1v) is 25.0. The molecule has 0 radical (unpaired) electrons. The Morgan fingerprint density at radius 3 is 1.31 bits per heavy atom. The Labute approximate surface area is 446 Å². The number of amides is 4. The van der Waals surface area contributed by atoms with Crippen molar-refractivity contribution in [3.8, 4) is 35.2 Å². The van der Waals surface area contributed by atoms with E-state index in [4.69, 9.17) is 33.2 Å². The minimum Gasteiger partial charge on any atom is -0.486 e. The van der Waals surface area contributed by atoms with Crippen molar-refractivity contribution in [3.63, 3.8) is 0 Å². The van der Waals surface area contributed by atoms with E-state index in [1.165, 1.54) is 22.5 Å². The molecule has 2 aliphatic heterocycles. The molecule has 4 atom stereocenters. The highest BCUT2D eigenvalue weighted by molar-refractivity contribution is 6.04. The predicted octanol–water partition coefficient (Wildman–Crippen LogP) is 3.54. The Hall–Kier alpha value is -8.44. The van der Waals surface area contributed by atoms with Gasteiger partial charge in [0.15, 0.2) is 0 Å². The molecule has 6 aromatic rings. The number of fused-ring (bicyclic) bond motifs is 2. The number of likely N-dealkylation sites (N-methyl/N-ethyl adjacent to an activating group) is 2. The molecule has 0 aliphatic carbocycles. The normalized spacial score (nSPS) is 16.8. The van der Waals surface area contributed by atoms with Crippen LogP contribution in [0.15, 0.2) is 110 Å². The van der Waals surface area contributed by atoms with Gasteiger partial charge in [-0.25, -0.2) is 19.3 Å². The zero-order chi connectivity index (χ0) is 53.9. The van der Waals surface area contributed by atoms with Crippen LogP contribution < -0.4 is 29.9 Å². The van der Waals surface area contributed by atoms with Gasteiger partial charge in [0.25, 0.3) is 23.6 Å². The summed E-state index contributed by atoms with van der Waals surface area (Å²) in [6, 6.07) is 28.0. The first kappa shape index (κ1) is 54.8. The lowest BCUT2D eigenvalue weighted by molar-refractivity contribution is -0.122. The van der Waals surface area contributed by atoms with Crippen LogP contribution in [-0.4, -0.2) is 158 Å². The monoisotopic (exact) mass is 1050 g/mol. The number of rotatable bonds is 22. The van der Waals surface area contributed by atoms with E-state index in [0.29, 0.717) is 99.9 Å². The van der Waals surface area contributed by atoms with Crippen LogP contribution in [0.2, 0.25) is 0 Å². The van der Waals surface area contributed by atoms with E-state index in [2.05, 4.69) is 54.5 Å². The fraction of sp³-hybridized carbons (Fsp3) is 0.357. The number of carbonyl (C=O) groups is 4. The third-order valence-corrected chi connectivity index (χ3v) is 12.1. The molecule has 2 aliphatic rings. The molecule has 4 amide bonds. The summed E-state index contributed by atoms with van der Waals surface area (Å²) in [4.78, 5) is 64.6. The first-order valence-electron chi connectivity index (χ1n) is 25.0. The molecule has 2 aromatic heterocycles. The van der Waals surface area contributed by atoms with E-state index in [-0.39, 0.29) is 36.7 Å². The van der Waals surface area contributed by atoms with Crippen molar-refractivity contribution in [2.45, 2.75) is 51.2 Å². The van der Waals surface area contributed by atoms with Crippen molar-refractivity contribution in [2.75, 3.05) is 90.0 Å². The molecule has 0 bridgehead atoms. The van der Waals surface area contributed by atoms with Gasteiger partial charge in [-0.05, 0) is 61.4 Å². The van der Waals surface area contributed by atoms with Crippen molar-refractivity contribution in [1.82, 2.24) is 40.2 Å². The van der Waals surface area contributed by atoms with Crippen LogP contribution in [0.4, 0.5) is 11.4 Å². The van der Waals surface area contributed by atoms with Gasteiger partial charge in [0, 0.05) is 25.2 Å². The number of ether oxygens (including phenoxy) is 7. The molecule has 0 fully saturated rings. The molecule has 0 saturated heterocycles. The molecule has 0 spiro atoms. The smallest absolute Gasteiger partial charge is 0.291 e. The van der Waals surface area contributed by atoms with Crippen LogP contribution in [0.25, 0.3) is 0 Å². The Morgan fingerprint density at radius 1 is 0.545 bits per heavy atom. The Balaban J connectivity index is 0.647. The molecule has 8 rings (SSSR count). The number of carbonyl (C=O) groups excluding carboxylic acids is 4. The third kappa shape index (κ3) is 15.3. The maximum Gasteiger partial charge on any atom is 0.291 e. The van der Waals surface area contributed by atoms with Gasteiger partial charge in [-0.15, -0.1) is 10.2 Å². The predicted molar refractivity (Wildman–Crippen MR) is 281 cm³/mol. The van der Waals surface area contributed by atoms with Gasteiger partial charge < -0.3 is 53.6 Å². The number of anilines is 2. The second kappa shape index (κ2) is 27.4. The lowest BCUT2D eigenvalue weighted by Crippen LogP contribution is -2.53. The zero-order valence-corrected chi connectivity index (χ0v) is 43.3. The largest absolute Gasteiger partial charge is 0.486 e. The van der Waals surface area contributed by atoms with Crippen LogP contribution in [-0.2, 0) is 46.4 Å². The van der Waals surface area contributed by atoms with Crippen LogP contribution in [0.3, 0.4) is 0 Å². The quantitative estimate of drug-likeness (QED) is 0.0733. The van der Waals surface area contributed by atoms with E-state index in [1.54, 1.807) is 73.7 Å². The van der Waals surface area contributed by atoms with Crippen molar-refractivity contribution in [2.24, 2.45) is 0 Å². The number of hydrogen-bond donors (Lipinski definition) is 2. The molecule has 0 saturated carbocycles. The highest BCUT2D eigenvalue weighted by Crippen LogP contribution is 2.34. The van der Waals surface area contributed by atoms with E-state index in [9.17, 15) is 19.2 Å². The van der Waals surface area contributed by atoms with Crippen molar-refractivity contribution in [3.05, 3.63) is 144 Å². The molecule has 400 valence electrons. The Morgan fingerprint density at radius 2 is 0.922 bits per heavy atom. The van der Waals surface area contributed by atoms with Gasteiger partial charge in [0.1, 0.15) is 61.7 Å². The molecular formula is C56H60N10O11. The van der Waals surface area contributed by atoms with Gasteiger partial charge in [-0.3, -0.25) is 19.2 Å². The SMILES string of the molecule is C[C@H]1Oc2ccc(C#CCOCCOCCOCCOCCOCC#Cc3ccc4c(c3)N(C)C(=O)[C@@H](NC(=O)c3ncn(Cc5ccccc5)n3)[C@@H](C)O4)cc2N(C)C(=O)[C@H]1NC(=O)c1ncn(Cc2ccccc2)n1. The number of nitrogens with zero attached hydrogens (tertiary/aromatic N) is 8. The van der Waals surface area contributed by atoms with Gasteiger partial charge in [0.2, 0.25) is 11.6 Å². The molecule has 21 nitrogen and oxygen atoms in total. The Bertz CT molecular complexity index is 2890. The molecule has 4 heterocycles. The lowest BCUT2D eigenvalue weighted by Gasteiger charge is -2.23. The van der Waals surface area contributed by atoms with Crippen molar-refractivity contribution < 1.29 is 52.3 Å². The number of benzene rings is 4. The summed E-state index contributed by atoms with van der Waals surface area (Å²) in [7, 11) is 3.25. The molecule has 4 aromatic carbocycles. The minimum absolute atomic E-state index is 0.0481. The summed E-state index contributed by atoms with van der Waals surface area (Å²) in [6.07, 6.45) is 1.61. The second-order valence-electron chi connectivity index (χ2n) is 17.8. The fourth-order valence-corrected chi connectivity index (χ4v) is 8.07. The highest BCUT2D eigenvalue weighted by Gasteiger charge is 2.38. The summed E-state index contributed by atoms with van der Waals surface area (Å²) in [5, 5.41) is 14.1. The molecule has 77 heavy (non-hydrogen) atoms. The number of nitrogens with one attached hydrogen (secondary N) is 2. The summed E-state index contributed by atoms with van der Waals surface area (Å²) in [6.45, 7) is 7.71. The van der Waals surface area contributed by atoms with E-state index in [0.717, 1.165) is 11.1 Å². The topological polar surface area (TPSA) is 225 Å². The lowest BCUT2D eigenvalue weighted by atomic mass is 10.1. The van der Waals surface area contributed by atoms with E-state index >= 15 is 0 Å². The van der Waals surface area contributed by atoms with Crippen LogP contribution in [0.1, 0.15) is 57.3 Å². The van der Waals surface area contributed by atoms with E-state index in [1.807, 2.05) is 60.7 Å². The number of hydrogen-bond acceptors (Lipinski definition) is 15. The number of aromatic nitrogens is 6. The van der Waals surface area contributed by atoms with Crippen molar-refractivity contribution >= 4 is 35.0 Å². The van der Waals surface area contributed by atoms with Gasteiger partial charge in [0.05, 0.1) is 77.3 Å². The summed E-state index contributed by atoms with van der Waals surface area (Å²) < 4.78 is 43.4. The maximum atomic E-state index is 13.6. The standard InChI is InChI=1S/C56H60N10O11/c1-39-49(59-53(67)51-57-37-65(61-51)35-43-13-7-5-8-14-43)55(69)63(3)45-33-41(19-21-47(45)76-39)17-11-23-71-25-27-73-29-31-75-32-30-74-28-26-72-24-12-18-42-20-22-48-46(34-42)64(4)56(70)50(40(2)77-48)60-54(68)52-58-38-66(62-52)36-44-15-9-6-10-16-44/h5-10,13-16,19-22,33-34,37-40,49-50H,23-32,35-36H2,1-4H3,(H,59,67)(H,60,68)/t39-,40-,49+,50+/m1/s1. The third-order valence-electron chi connectivity index (χ3n) is 12.1. The second-order valence-corrected chi connectivity index (χ2v) is 17.8. The average Bonchev–Trinajstić information content (AvgIpc) is 4.10. The zero-order valence-electron chi connectivity index (χ0n) is 43.3. The minimum atomic E-state index is -0.986. The van der Waals surface area contributed by atoms with Crippen molar-refractivity contribution in [1.29, 1.82) is 0 Å². The maximum absolute atomic E-state index is 13.6. The summed E-state index contributed by atoms with van der Waals surface area (Å²) >= 11 is 0.